The molecule has 1 aromatic carbocycles. The van der Waals surface area contributed by atoms with Crippen LogP contribution in [-0.2, 0) is 6.18 Å². The van der Waals surface area contributed by atoms with Gasteiger partial charge in [0.2, 0.25) is 0 Å². The summed E-state index contributed by atoms with van der Waals surface area (Å²) >= 11 is 0. The van der Waals surface area contributed by atoms with Gasteiger partial charge in [-0.2, -0.15) is 13.2 Å². The Balaban J connectivity index is 2.78. The molecule has 2 aromatic rings. The summed E-state index contributed by atoms with van der Waals surface area (Å²) in [4.78, 5) is 13.7. The largest absolute Gasteiger partial charge is 0.422 e. The molecule has 0 atom stereocenters. The van der Waals surface area contributed by atoms with Crippen LogP contribution in [0.4, 0.5) is 13.2 Å². The molecule has 0 amide bonds. The van der Waals surface area contributed by atoms with Gasteiger partial charge < -0.3 is 4.98 Å². The van der Waals surface area contributed by atoms with Crippen LogP contribution in [0.2, 0.25) is 0 Å². The predicted octanol–water partition coefficient (Wildman–Crippen LogP) is 3.37. The van der Waals surface area contributed by atoms with Gasteiger partial charge in [-0.15, -0.1) is 0 Å². The number of aromatic amines is 1. The third kappa shape index (κ3) is 2.30. The maximum atomic E-state index is 12.9. The van der Waals surface area contributed by atoms with Crippen molar-refractivity contribution in [3.05, 3.63) is 58.0 Å². The molecule has 1 heterocycles. The first-order valence-corrected chi connectivity index (χ1v) is 5.26. The molecule has 0 bridgehead atoms. The lowest BCUT2D eigenvalue weighted by molar-refractivity contribution is -0.138. The van der Waals surface area contributed by atoms with Gasteiger partial charge in [0, 0.05) is 11.3 Å². The molecule has 1 N–H and O–H groups in total. The van der Waals surface area contributed by atoms with Gasteiger partial charge >= 0.3 is 6.18 Å². The Morgan fingerprint density at radius 1 is 1.11 bits per heavy atom. The molecule has 1 aromatic heterocycles. The summed E-state index contributed by atoms with van der Waals surface area (Å²) < 4.78 is 38.7. The first-order chi connectivity index (χ1) is 8.39. The molecular formula is C13H10F3NO. The number of halogens is 3. The summed E-state index contributed by atoms with van der Waals surface area (Å²) in [6.45, 7) is 1.55. The second-order valence-corrected chi connectivity index (χ2v) is 3.93. The topological polar surface area (TPSA) is 32.9 Å². The highest BCUT2D eigenvalue weighted by molar-refractivity contribution is 5.67. The molecule has 18 heavy (non-hydrogen) atoms. The van der Waals surface area contributed by atoms with Crippen LogP contribution in [0.3, 0.4) is 0 Å². The standard InChI is InChI=1S/C13H10F3NO/c1-8-7-10(9-5-3-2-4-6-9)11(12(18)17-8)13(14,15)16/h2-7H,1H3,(H,17,18). The van der Waals surface area contributed by atoms with Gasteiger partial charge in [0.1, 0.15) is 5.56 Å². The molecule has 0 aliphatic heterocycles. The normalized spacial score (nSPS) is 11.6. The highest BCUT2D eigenvalue weighted by Gasteiger charge is 2.37. The third-order valence-electron chi connectivity index (χ3n) is 2.54. The Morgan fingerprint density at radius 2 is 1.72 bits per heavy atom. The molecule has 0 unspecified atom stereocenters. The number of benzene rings is 1. The van der Waals surface area contributed by atoms with Gasteiger partial charge in [0.05, 0.1) is 0 Å². The molecule has 2 rings (SSSR count). The minimum atomic E-state index is -4.67. The first kappa shape index (κ1) is 12.4. The van der Waals surface area contributed by atoms with E-state index in [-0.39, 0.29) is 5.56 Å². The average molecular weight is 253 g/mol. The maximum absolute atomic E-state index is 12.9. The van der Waals surface area contributed by atoms with Gasteiger partial charge in [-0.3, -0.25) is 4.79 Å². The van der Waals surface area contributed by atoms with Gasteiger partial charge in [-0.25, -0.2) is 0 Å². The van der Waals surface area contributed by atoms with E-state index in [0.29, 0.717) is 11.3 Å². The monoisotopic (exact) mass is 253 g/mol. The average Bonchev–Trinajstić information content (AvgIpc) is 2.27. The number of aryl methyl sites for hydroxylation is 1. The zero-order valence-electron chi connectivity index (χ0n) is 9.51. The minimum absolute atomic E-state index is 0.0932. The van der Waals surface area contributed by atoms with Crippen LogP contribution in [0, 0.1) is 6.92 Å². The number of hydrogen-bond acceptors (Lipinski definition) is 1. The number of nitrogens with one attached hydrogen (secondary N) is 1. The zero-order valence-corrected chi connectivity index (χ0v) is 9.51. The number of hydrogen-bond donors (Lipinski definition) is 1. The third-order valence-corrected chi connectivity index (χ3v) is 2.54. The van der Waals surface area contributed by atoms with Gasteiger partial charge in [0.25, 0.3) is 5.56 Å². The second-order valence-electron chi connectivity index (χ2n) is 3.93. The maximum Gasteiger partial charge on any atom is 0.422 e. The van der Waals surface area contributed by atoms with Crippen LogP contribution in [-0.4, -0.2) is 4.98 Å². The quantitative estimate of drug-likeness (QED) is 0.830. The highest BCUT2D eigenvalue weighted by Crippen LogP contribution is 2.34. The molecule has 0 saturated heterocycles. The Bertz CT molecular complexity index is 614. The van der Waals surface area contributed by atoms with Crippen molar-refractivity contribution in [1.82, 2.24) is 4.98 Å². The number of aromatic nitrogens is 1. The lowest BCUT2D eigenvalue weighted by Crippen LogP contribution is -2.23. The molecule has 0 radical (unpaired) electrons. The summed E-state index contributed by atoms with van der Waals surface area (Å²) in [5, 5.41) is 0. The van der Waals surface area contributed by atoms with E-state index < -0.39 is 17.3 Å². The molecule has 0 fully saturated rings. The van der Waals surface area contributed by atoms with E-state index in [1.165, 1.54) is 6.07 Å². The highest BCUT2D eigenvalue weighted by atomic mass is 19.4. The van der Waals surface area contributed by atoms with Gasteiger partial charge in [-0.05, 0) is 18.6 Å². The second kappa shape index (κ2) is 4.33. The number of H-pyrrole nitrogens is 1. The molecule has 94 valence electrons. The Morgan fingerprint density at radius 3 is 2.28 bits per heavy atom. The first-order valence-electron chi connectivity index (χ1n) is 5.26. The van der Waals surface area contributed by atoms with Crippen molar-refractivity contribution in [3.63, 3.8) is 0 Å². The van der Waals surface area contributed by atoms with Crippen molar-refractivity contribution in [2.75, 3.05) is 0 Å². The summed E-state index contributed by atoms with van der Waals surface area (Å²) in [6.07, 6.45) is -4.67. The van der Waals surface area contributed by atoms with Gasteiger partial charge in [-0.1, -0.05) is 30.3 Å². The molecular weight excluding hydrogens is 243 g/mol. The Hall–Kier alpha value is -2.04. The van der Waals surface area contributed by atoms with Crippen molar-refractivity contribution in [2.45, 2.75) is 13.1 Å². The van der Waals surface area contributed by atoms with Crippen molar-refractivity contribution in [3.8, 4) is 11.1 Å². The molecule has 0 saturated carbocycles. The van der Waals surface area contributed by atoms with E-state index >= 15 is 0 Å². The van der Waals surface area contributed by atoms with Gasteiger partial charge in [0.15, 0.2) is 0 Å². The van der Waals surface area contributed by atoms with Crippen LogP contribution in [0.5, 0.6) is 0 Å². The van der Waals surface area contributed by atoms with Crippen LogP contribution < -0.4 is 5.56 Å². The van der Waals surface area contributed by atoms with E-state index in [4.69, 9.17) is 0 Å². The molecule has 5 heteroatoms. The van der Waals surface area contributed by atoms with E-state index in [1.54, 1.807) is 37.3 Å². The van der Waals surface area contributed by atoms with Crippen LogP contribution in [0.25, 0.3) is 11.1 Å². The number of pyridine rings is 1. The van der Waals surface area contributed by atoms with Crippen molar-refractivity contribution in [2.24, 2.45) is 0 Å². The van der Waals surface area contributed by atoms with Crippen LogP contribution in [0.1, 0.15) is 11.3 Å². The number of rotatable bonds is 1. The predicted molar refractivity (Wildman–Crippen MR) is 62.2 cm³/mol. The van der Waals surface area contributed by atoms with E-state index in [2.05, 4.69) is 4.98 Å². The molecule has 2 nitrogen and oxygen atoms in total. The minimum Gasteiger partial charge on any atom is -0.326 e. The fourth-order valence-electron chi connectivity index (χ4n) is 1.82. The van der Waals surface area contributed by atoms with Crippen molar-refractivity contribution >= 4 is 0 Å². The summed E-state index contributed by atoms with van der Waals surface area (Å²) in [5.41, 5.74) is -1.59. The smallest absolute Gasteiger partial charge is 0.326 e. The fraction of sp³-hybridized carbons (Fsp3) is 0.154. The van der Waals surface area contributed by atoms with E-state index in [0.717, 1.165) is 0 Å². The van der Waals surface area contributed by atoms with E-state index in [1.807, 2.05) is 0 Å². The van der Waals surface area contributed by atoms with Crippen molar-refractivity contribution < 1.29 is 13.2 Å². The SMILES string of the molecule is Cc1cc(-c2ccccc2)c(C(F)(F)F)c(=O)[nH]1. The Labute approximate surface area is 101 Å². The van der Waals surface area contributed by atoms with Crippen molar-refractivity contribution in [1.29, 1.82) is 0 Å². The van der Waals surface area contributed by atoms with Crippen LogP contribution in [0.15, 0.2) is 41.2 Å². The molecule has 0 aliphatic carbocycles. The van der Waals surface area contributed by atoms with E-state index in [9.17, 15) is 18.0 Å². The summed E-state index contributed by atoms with van der Waals surface area (Å²) in [7, 11) is 0. The summed E-state index contributed by atoms with van der Waals surface area (Å²) in [6, 6.07) is 9.39. The molecule has 0 spiro atoms. The lowest BCUT2D eigenvalue weighted by Gasteiger charge is -2.12. The molecule has 0 aliphatic rings. The Kier molecular flexibility index (Phi) is 2.98. The summed E-state index contributed by atoms with van der Waals surface area (Å²) in [5.74, 6) is 0. The number of alkyl halides is 3. The lowest BCUT2D eigenvalue weighted by atomic mass is 10.0. The van der Waals surface area contributed by atoms with Crippen LogP contribution >= 0.6 is 0 Å². The fourth-order valence-corrected chi connectivity index (χ4v) is 1.82. The zero-order chi connectivity index (χ0) is 13.3.